The molecule has 1 fully saturated rings. The highest BCUT2D eigenvalue weighted by atomic mass is 16.5. The van der Waals surface area contributed by atoms with Crippen molar-refractivity contribution in [3.8, 4) is 16.9 Å². The van der Waals surface area contributed by atoms with Crippen LogP contribution in [0, 0.1) is 11.3 Å². The van der Waals surface area contributed by atoms with E-state index in [-0.39, 0.29) is 30.2 Å². The van der Waals surface area contributed by atoms with E-state index in [1.165, 1.54) is 7.11 Å². The minimum atomic E-state index is -0.403. The van der Waals surface area contributed by atoms with E-state index < -0.39 is 5.92 Å². The van der Waals surface area contributed by atoms with Crippen molar-refractivity contribution < 1.29 is 19.1 Å². The number of carbonyl (C=O) groups is 2. The van der Waals surface area contributed by atoms with Gasteiger partial charge in [0.15, 0.2) is 0 Å². The summed E-state index contributed by atoms with van der Waals surface area (Å²) in [5.74, 6) is -0.0766. The van der Waals surface area contributed by atoms with Crippen LogP contribution in [0.3, 0.4) is 0 Å². The third-order valence-electron chi connectivity index (χ3n) is 6.29. The van der Waals surface area contributed by atoms with Crippen molar-refractivity contribution in [1.29, 1.82) is 5.41 Å². The standard InChI is InChI=1S/C28H29N3O4/c1-34-26(32)16-23-15-24(31(28(23)33)17-19-5-3-2-4-6-19)18-35-25-13-11-21(12-14-25)20-7-9-22(10-8-20)27(29)30/h2-14,23-24H,15-18H2,1H3,(H3,29,30)/t23-,24-/m0/s1. The topological polar surface area (TPSA) is 106 Å². The third-order valence-corrected chi connectivity index (χ3v) is 6.29. The quantitative estimate of drug-likeness (QED) is 0.279. The van der Waals surface area contributed by atoms with Crippen molar-refractivity contribution in [3.05, 3.63) is 90.0 Å². The zero-order valence-electron chi connectivity index (χ0n) is 19.6. The average Bonchev–Trinajstić information content (AvgIpc) is 3.17. The van der Waals surface area contributed by atoms with Gasteiger partial charge in [0, 0.05) is 12.1 Å². The van der Waals surface area contributed by atoms with Crippen LogP contribution in [0.1, 0.15) is 24.0 Å². The van der Waals surface area contributed by atoms with E-state index in [4.69, 9.17) is 20.6 Å². The zero-order chi connectivity index (χ0) is 24.8. The summed E-state index contributed by atoms with van der Waals surface area (Å²) in [6, 6.07) is 24.9. The van der Waals surface area contributed by atoms with E-state index in [1.54, 1.807) is 0 Å². The highest BCUT2D eigenvalue weighted by molar-refractivity contribution is 5.95. The number of nitrogens with zero attached hydrogens (tertiary/aromatic N) is 1. The molecular formula is C28H29N3O4. The molecule has 1 saturated heterocycles. The lowest BCUT2D eigenvalue weighted by Crippen LogP contribution is -2.37. The van der Waals surface area contributed by atoms with Crippen molar-refractivity contribution in [2.24, 2.45) is 11.7 Å². The Bertz CT molecular complexity index is 1180. The molecule has 0 aromatic heterocycles. The largest absolute Gasteiger partial charge is 0.491 e. The minimum absolute atomic E-state index is 0.0424. The number of hydrogen-bond acceptors (Lipinski definition) is 5. The van der Waals surface area contributed by atoms with E-state index in [9.17, 15) is 9.59 Å². The first-order chi connectivity index (χ1) is 16.9. The van der Waals surface area contributed by atoms with Crippen LogP contribution in [0.2, 0.25) is 0 Å². The molecule has 0 radical (unpaired) electrons. The fourth-order valence-electron chi connectivity index (χ4n) is 4.35. The predicted molar refractivity (Wildman–Crippen MR) is 134 cm³/mol. The summed E-state index contributed by atoms with van der Waals surface area (Å²) < 4.78 is 10.9. The van der Waals surface area contributed by atoms with Crippen LogP contribution in [-0.2, 0) is 20.9 Å². The Morgan fingerprint density at radius 2 is 1.63 bits per heavy atom. The third kappa shape index (κ3) is 5.87. The molecule has 180 valence electrons. The summed E-state index contributed by atoms with van der Waals surface area (Å²) in [7, 11) is 1.34. The summed E-state index contributed by atoms with van der Waals surface area (Å²) in [5, 5.41) is 7.51. The van der Waals surface area contributed by atoms with E-state index >= 15 is 0 Å². The van der Waals surface area contributed by atoms with Crippen molar-refractivity contribution in [3.63, 3.8) is 0 Å². The number of carbonyl (C=O) groups excluding carboxylic acids is 2. The number of ether oxygens (including phenoxy) is 2. The Kier molecular flexibility index (Phi) is 7.45. The van der Waals surface area contributed by atoms with E-state index in [0.29, 0.717) is 30.9 Å². The lowest BCUT2D eigenvalue weighted by molar-refractivity contribution is -0.145. The lowest BCUT2D eigenvalue weighted by Gasteiger charge is -2.25. The van der Waals surface area contributed by atoms with E-state index in [1.807, 2.05) is 83.8 Å². The Morgan fingerprint density at radius 3 is 2.23 bits per heavy atom. The number of amides is 1. The smallest absolute Gasteiger partial charge is 0.306 e. The van der Waals surface area contributed by atoms with Crippen LogP contribution < -0.4 is 10.5 Å². The Hall–Kier alpha value is -4.13. The minimum Gasteiger partial charge on any atom is -0.491 e. The fraction of sp³-hybridized carbons (Fsp3) is 0.250. The summed E-state index contributed by atoms with van der Waals surface area (Å²) in [6.07, 6.45) is 0.621. The summed E-state index contributed by atoms with van der Waals surface area (Å²) >= 11 is 0. The highest BCUT2D eigenvalue weighted by Gasteiger charge is 2.40. The SMILES string of the molecule is COC(=O)C[C@@H]1C[C@@H](COc2ccc(-c3ccc(C(=N)N)cc3)cc2)N(Cc2ccccc2)C1=O. The second-order valence-corrected chi connectivity index (χ2v) is 8.64. The summed E-state index contributed by atoms with van der Waals surface area (Å²) in [5.41, 5.74) is 9.28. The monoisotopic (exact) mass is 471 g/mol. The number of nitrogens with one attached hydrogen (secondary N) is 1. The predicted octanol–water partition coefficient (Wildman–Crippen LogP) is 4.00. The molecule has 2 atom stereocenters. The Labute approximate surface area is 205 Å². The molecule has 0 aliphatic carbocycles. The summed E-state index contributed by atoms with van der Waals surface area (Å²) in [4.78, 5) is 26.7. The molecule has 3 aromatic rings. The number of esters is 1. The average molecular weight is 472 g/mol. The van der Waals surface area contributed by atoms with E-state index in [0.717, 1.165) is 16.7 Å². The van der Waals surface area contributed by atoms with Gasteiger partial charge in [-0.05, 0) is 35.2 Å². The van der Waals surface area contributed by atoms with Crippen molar-refractivity contribution in [1.82, 2.24) is 4.90 Å². The molecule has 0 spiro atoms. The second kappa shape index (κ2) is 10.9. The lowest BCUT2D eigenvalue weighted by atomic mass is 10.0. The first-order valence-corrected chi connectivity index (χ1v) is 11.5. The molecule has 7 heteroatoms. The van der Waals surface area contributed by atoms with Crippen LogP contribution in [0.5, 0.6) is 5.75 Å². The fourth-order valence-corrected chi connectivity index (χ4v) is 4.35. The van der Waals surface area contributed by atoms with Gasteiger partial charge >= 0.3 is 5.97 Å². The highest BCUT2D eigenvalue weighted by Crippen LogP contribution is 2.30. The Morgan fingerprint density at radius 1 is 1.00 bits per heavy atom. The molecule has 35 heavy (non-hydrogen) atoms. The zero-order valence-corrected chi connectivity index (χ0v) is 19.6. The maximum absolute atomic E-state index is 13.1. The van der Waals surface area contributed by atoms with Gasteiger partial charge in [-0.2, -0.15) is 0 Å². The second-order valence-electron chi connectivity index (χ2n) is 8.64. The van der Waals surface area contributed by atoms with Gasteiger partial charge in [0.2, 0.25) is 5.91 Å². The first kappa shape index (κ1) is 24.0. The molecule has 1 amide bonds. The summed E-state index contributed by atoms with van der Waals surface area (Å²) in [6.45, 7) is 0.809. The molecule has 0 bridgehead atoms. The molecule has 0 unspecified atom stereocenters. The van der Waals surface area contributed by atoms with Crippen molar-refractivity contribution >= 4 is 17.7 Å². The number of rotatable bonds is 9. The van der Waals surface area contributed by atoms with Crippen LogP contribution >= 0.6 is 0 Å². The van der Waals surface area contributed by atoms with Gasteiger partial charge in [-0.15, -0.1) is 0 Å². The van der Waals surface area contributed by atoms with Gasteiger partial charge in [-0.3, -0.25) is 15.0 Å². The molecule has 1 heterocycles. The number of likely N-dealkylation sites (tertiary alicyclic amines) is 1. The van der Waals surface area contributed by atoms with Gasteiger partial charge in [0.25, 0.3) is 0 Å². The van der Waals surface area contributed by atoms with Crippen LogP contribution in [0.4, 0.5) is 0 Å². The van der Waals surface area contributed by atoms with Gasteiger partial charge in [0.1, 0.15) is 18.2 Å². The molecule has 7 nitrogen and oxygen atoms in total. The number of nitrogen functional groups attached to an aromatic ring is 1. The van der Waals surface area contributed by atoms with Gasteiger partial charge < -0.3 is 20.1 Å². The number of amidine groups is 1. The van der Waals surface area contributed by atoms with E-state index in [2.05, 4.69) is 0 Å². The number of hydrogen-bond donors (Lipinski definition) is 2. The molecule has 1 aliphatic heterocycles. The van der Waals surface area contributed by atoms with Crippen LogP contribution in [0.15, 0.2) is 78.9 Å². The number of benzene rings is 3. The maximum atomic E-state index is 13.1. The molecule has 0 saturated carbocycles. The first-order valence-electron chi connectivity index (χ1n) is 11.5. The normalized spacial score (nSPS) is 17.3. The number of methoxy groups -OCH3 is 1. The van der Waals surface area contributed by atoms with Gasteiger partial charge in [-0.25, -0.2) is 0 Å². The van der Waals surface area contributed by atoms with Crippen molar-refractivity contribution in [2.75, 3.05) is 13.7 Å². The Balaban J connectivity index is 1.43. The number of nitrogens with two attached hydrogens (primary N) is 1. The van der Waals surface area contributed by atoms with Crippen LogP contribution in [0.25, 0.3) is 11.1 Å². The molecule has 4 rings (SSSR count). The molecular weight excluding hydrogens is 442 g/mol. The van der Waals surface area contributed by atoms with Crippen LogP contribution in [-0.4, -0.2) is 42.4 Å². The van der Waals surface area contributed by atoms with Gasteiger partial charge in [-0.1, -0.05) is 66.7 Å². The molecule has 1 aliphatic rings. The van der Waals surface area contributed by atoms with Gasteiger partial charge in [0.05, 0.1) is 25.5 Å². The maximum Gasteiger partial charge on any atom is 0.306 e. The van der Waals surface area contributed by atoms with Crippen molar-refractivity contribution in [2.45, 2.75) is 25.4 Å². The molecule has 3 aromatic carbocycles. The molecule has 3 N–H and O–H groups in total.